The molecule has 4 aliphatic heterocycles. The number of fused-ring (bicyclic) bond motifs is 5. The van der Waals surface area contributed by atoms with Gasteiger partial charge in [0.1, 0.15) is 6.04 Å². The maximum absolute atomic E-state index is 12.0. The fourth-order valence-corrected chi connectivity index (χ4v) is 4.56. The highest BCUT2D eigenvalue weighted by atomic mass is 32.1. The predicted octanol–water partition coefficient (Wildman–Crippen LogP) is -1.04. The lowest BCUT2D eigenvalue weighted by atomic mass is 10.1. The van der Waals surface area contributed by atoms with Crippen LogP contribution in [0, 0.1) is 0 Å². The van der Waals surface area contributed by atoms with Crippen LogP contribution in [0.25, 0.3) is 0 Å². The fourth-order valence-electron chi connectivity index (χ4n) is 4.25. The Hall–Kier alpha value is -1.45. The van der Waals surface area contributed by atoms with Crippen molar-refractivity contribution in [3.05, 3.63) is 0 Å². The molecule has 0 saturated carbocycles. The normalized spacial score (nSPS) is 32.2. The van der Waals surface area contributed by atoms with Crippen molar-refractivity contribution >= 4 is 29.3 Å². The van der Waals surface area contributed by atoms with E-state index in [4.69, 9.17) is 17.0 Å². The van der Waals surface area contributed by atoms with Crippen molar-refractivity contribution < 1.29 is 14.3 Å². The maximum Gasteiger partial charge on any atom is 0.325 e. The number of hydrogen-bond acceptors (Lipinski definition) is 5. The third-order valence-corrected chi connectivity index (χ3v) is 5.78. The number of imide groups is 1. The molecular formula is C15H23N5O3S. The molecule has 3 unspecified atom stereocenters. The van der Waals surface area contributed by atoms with Gasteiger partial charge in [0.05, 0.1) is 25.3 Å². The van der Waals surface area contributed by atoms with Gasteiger partial charge in [-0.05, 0) is 31.6 Å². The Balaban J connectivity index is 1.24. The van der Waals surface area contributed by atoms with Crippen LogP contribution in [0.5, 0.6) is 0 Å². The number of amides is 3. The summed E-state index contributed by atoms with van der Waals surface area (Å²) in [6.07, 6.45) is 1.86. The van der Waals surface area contributed by atoms with Gasteiger partial charge < -0.3 is 19.9 Å². The van der Waals surface area contributed by atoms with E-state index in [-0.39, 0.29) is 30.1 Å². The van der Waals surface area contributed by atoms with Gasteiger partial charge in [-0.15, -0.1) is 0 Å². The van der Waals surface area contributed by atoms with E-state index in [0.29, 0.717) is 5.11 Å². The molecule has 2 bridgehead atoms. The van der Waals surface area contributed by atoms with Crippen LogP contribution < -0.4 is 10.6 Å². The molecule has 9 heteroatoms. The minimum Gasteiger partial charge on any atom is -0.379 e. The van der Waals surface area contributed by atoms with Gasteiger partial charge in [-0.25, -0.2) is 4.79 Å². The molecule has 4 fully saturated rings. The molecule has 3 atom stereocenters. The molecule has 0 spiro atoms. The molecule has 2 N–H and O–H groups in total. The second-order valence-electron chi connectivity index (χ2n) is 6.80. The number of carbonyl (C=O) groups excluding carboxylic acids is 2. The Morgan fingerprint density at radius 1 is 1.33 bits per heavy atom. The Morgan fingerprint density at radius 2 is 2.12 bits per heavy atom. The highest BCUT2D eigenvalue weighted by Crippen LogP contribution is 2.38. The summed E-state index contributed by atoms with van der Waals surface area (Å²) in [5.74, 6) is -0.188. The first-order valence-electron chi connectivity index (χ1n) is 8.63. The number of thiocarbonyl (C=S) groups is 1. The summed E-state index contributed by atoms with van der Waals surface area (Å²) in [5, 5.41) is 6.43. The molecule has 3 amide bonds. The number of carbonyl (C=O) groups is 2. The molecule has 132 valence electrons. The smallest absolute Gasteiger partial charge is 0.325 e. The monoisotopic (exact) mass is 353 g/mol. The third-order valence-electron chi connectivity index (χ3n) is 5.40. The Bertz CT molecular complexity index is 553. The summed E-state index contributed by atoms with van der Waals surface area (Å²) in [6, 6.07) is -0.508. The molecule has 24 heavy (non-hydrogen) atoms. The largest absolute Gasteiger partial charge is 0.379 e. The molecule has 4 heterocycles. The van der Waals surface area contributed by atoms with Crippen molar-refractivity contribution in [1.82, 2.24) is 25.3 Å². The van der Waals surface area contributed by atoms with Gasteiger partial charge in [0.2, 0.25) is 0 Å². The molecule has 0 aliphatic carbocycles. The maximum atomic E-state index is 12.0. The Kier molecular flexibility index (Phi) is 4.31. The van der Waals surface area contributed by atoms with Gasteiger partial charge >= 0.3 is 6.03 Å². The summed E-state index contributed by atoms with van der Waals surface area (Å²) >= 11 is 5.52. The van der Waals surface area contributed by atoms with Crippen LogP contribution in [-0.2, 0) is 9.53 Å². The van der Waals surface area contributed by atoms with E-state index in [1.54, 1.807) is 4.90 Å². The lowest BCUT2D eigenvalue weighted by Crippen LogP contribution is -2.57. The number of piperazine rings is 1. The summed E-state index contributed by atoms with van der Waals surface area (Å²) in [7, 11) is 0. The van der Waals surface area contributed by atoms with E-state index in [1.807, 2.05) is 0 Å². The van der Waals surface area contributed by atoms with Crippen molar-refractivity contribution in [1.29, 1.82) is 0 Å². The number of nitrogens with one attached hydrogen (secondary N) is 2. The molecule has 4 saturated heterocycles. The van der Waals surface area contributed by atoms with Crippen LogP contribution >= 0.6 is 12.2 Å². The molecule has 8 nitrogen and oxygen atoms in total. The summed E-state index contributed by atoms with van der Waals surface area (Å²) < 4.78 is 5.35. The van der Waals surface area contributed by atoms with E-state index in [2.05, 4.69) is 20.4 Å². The first kappa shape index (κ1) is 16.0. The van der Waals surface area contributed by atoms with Crippen molar-refractivity contribution in [3.63, 3.8) is 0 Å². The van der Waals surface area contributed by atoms with Crippen LogP contribution in [-0.4, -0.2) is 95.8 Å². The highest BCUT2D eigenvalue weighted by molar-refractivity contribution is 7.80. The van der Waals surface area contributed by atoms with Gasteiger partial charge in [-0.2, -0.15) is 0 Å². The molecule has 4 rings (SSSR count). The zero-order valence-corrected chi connectivity index (χ0v) is 14.4. The molecule has 0 aromatic carbocycles. The van der Waals surface area contributed by atoms with Crippen LogP contribution in [0.3, 0.4) is 0 Å². The van der Waals surface area contributed by atoms with Crippen LogP contribution in [0.15, 0.2) is 0 Å². The minimum atomic E-state index is -0.371. The highest BCUT2D eigenvalue weighted by Gasteiger charge is 2.59. The van der Waals surface area contributed by atoms with Gasteiger partial charge in [-0.1, -0.05) is 0 Å². The quantitative estimate of drug-likeness (QED) is 0.380. The van der Waals surface area contributed by atoms with Gasteiger partial charge in [-0.3, -0.25) is 15.0 Å². The number of rotatable bonds is 4. The van der Waals surface area contributed by atoms with E-state index in [1.165, 1.54) is 0 Å². The second-order valence-corrected chi connectivity index (χ2v) is 7.18. The molecular weight excluding hydrogens is 330 g/mol. The fraction of sp³-hybridized carbons (Fsp3) is 0.800. The number of ether oxygens (including phenoxy) is 1. The first-order chi connectivity index (χ1) is 11.6. The van der Waals surface area contributed by atoms with E-state index in [9.17, 15) is 9.59 Å². The van der Waals surface area contributed by atoms with Crippen LogP contribution in [0.1, 0.15) is 12.8 Å². The van der Waals surface area contributed by atoms with Crippen molar-refractivity contribution in [2.24, 2.45) is 0 Å². The number of morpholine rings is 1. The minimum absolute atomic E-state index is 0.0145. The van der Waals surface area contributed by atoms with Gasteiger partial charge in [0, 0.05) is 26.2 Å². The second kappa shape index (κ2) is 6.45. The van der Waals surface area contributed by atoms with Crippen LogP contribution in [0.4, 0.5) is 4.79 Å². The average molecular weight is 353 g/mol. The Morgan fingerprint density at radius 3 is 2.92 bits per heavy atom. The third kappa shape index (κ3) is 2.74. The zero-order chi connectivity index (χ0) is 16.7. The average Bonchev–Trinajstić information content (AvgIpc) is 3.25. The predicted molar refractivity (Wildman–Crippen MR) is 90.5 cm³/mol. The lowest BCUT2D eigenvalue weighted by Gasteiger charge is -2.36. The van der Waals surface area contributed by atoms with Crippen molar-refractivity contribution in [3.8, 4) is 0 Å². The van der Waals surface area contributed by atoms with Crippen molar-refractivity contribution in [2.75, 3.05) is 45.9 Å². The summed E-state index contributed by atoms with van der Waals surface area (Å²) in [6.45, 7) is 6.23. The lowest BCUT2D eigenvalue weighted by molar-refractivity contribution is -0.122. The first-order valence-corrected chi connectivity index (χ1v) is 9.03. The van der Waals surface area contributed by atoms with E-state index in [0.717, 1.165) is 58.8 Å². The van der Waals surface area contributed by atoms with Crippen LogP contribution in [0.2, 0.25) is 0 Å². The number of urea groups is 1. The topological polar surface area (TPSA) is 77.2 Å². The molecule has 0 radical (unpaired) electrons. The van der Waals surface area contributed by atoms with E-state index >= 15 is 0 Å². The van der Waals surface area contributed by atoms with Gasteiger partial charge in [0.25, 0.3) is 5.91 Å². The summed E-state index contributed by atoms with van der Waals surface area (Å²) in [5.41, 5.74) is 0. The molecule has 0 aromatic heterocycles. The van der Waals surface area contributed by atoms with Crippen molar-refractivity contribution in [2.45, 2.75) is 31.0 Å². The molecule has 4 aliphatic rings. The number of likely N-dealkylation sites (tertiary alicyclic amines) is 1. The summed E-state index contributed by atoms with van der Waals surface area (Å²) in [4.78, 5) is 30.0. The zero-order valence-electron chi connectivity index (χ0n) is 13.6. The van der Waals surface area contributed by atoms with E-state index < -0.39 is 0 Å². The number of hydrogen-bond donors (Lipinski definition) is 2. The Labute approximate surface area is 146 Å². The number of nitrogens with zero attached hydrogens (tertiary/aromatic N) is 3. The standard InChI is InChI=1S/C15H23N5O3S/c21-13-12-11-8-10(20(12)14(22)17-13)9-19(11)15(24)16-2-1-3-18-4-6-23-7-5-18/h10-12H,1-9H2,(H,16,24)(H,17,21,22). The SMILES string of the molecule is O=C1NC(=O)N2C3CC(C12)N(C(=S)NCCCN1CCOCC1)C3. The van der Waals surface area contributed by atoms with Gasteiger partial charge in [0.15, 0.2) is 5.11 Å². The molecule has 0 aromatic rings.